The van der Waals surface area contributed by atoms with Crippen LogP contribution in [0.3, 0.4) is 0 Å². The summed E-state index contributed by atoms with van der Waals surface area (Å²) in [5.41, 5.74) is 1.02. The quantitative estimate of drug-likeness (QED) is 0.682. The lowest BCUT2D eigenvalue weighted by atomic mass is 10.2. The molecule has 0 spiro atoms. The van der Waals surface area contributed by atoms with Crippen LogP contribution in [0.4, 0.5) is 8.78 Å². The van der Waals surface area contributed by atoms with E-state index in [9.17, 15) is 18.4 Å². The van der Waals surface area contributed by atoms with E-state index in [0.717, 1.165) is 5.56 Å². The zero-order valence-corrected chi connectivity index (χ0v) is 15.3. The first kappa shape index (κ1) is 20.9. The summed E-state index contributed by atoms with van der Waals surface area (Å²) < 4.78 is 39.0. The minimum Gasteiger partial charge on any atom is -0.497 e. The Kier molecular flexibility index (Phi) is 7.55. The molecule has 0 heterocycles. The van der Waals surface area contributed by atoms with Gasteiger partial charge in [-0.25, -0.2) is 0 Å². The molecule has 0 aliphatic carbocycles. The number of carbonyl (C=O) groups is 2. The van der Waals surface area contributed by atoms with Crippen molar-refractivity contribution in [2.45, 2.75) is 13.2 Å². The highest BCUT2D eigenvalue weighted by Gasteiger charge is 2.14. The summed E-state index contributed by atoms with van der Waals surface area (Å²) in [6, 6.07) is 10.9. The Balaban J connectivity index is 1.85. The van der Waals surface area contributed by atoms with Gasteiger partial charge in [-0.2, -0.15) is 8.78 Å². The number of halogens is 2. The van der Waals surface area contributed by atoms with Crippen molar-refractivity contribution >= 4 is 11.8 Å². The molecule has 0 radical (unpaired) electrons. The first-order valence-electron chi connectivity index (χ1n) is 8.23. The van der Waals surface area contributed by atoms with E-state index in [1.165, 1.54) is 25.3 Å². The van der Waals surface area contributed by atoms with Crippen LogP contribution in [0.1, 0.15) is 15.9 Å². The molecular formula is C19H20F2N2O5. The van der Waals surface area contributed by atoms with Gasteiger partial charge in [-0.05, 0) is 35.9 Å². The number of benzene rings is 2. The number of carbonyl (C=O) groups excluding carboxylic acids is 2. The van der Waals surface area contributed by atoms with E-state index in [-0.39, 0.29) is 29.5 Å². The first-order valence-corrected chi connectivity index (χ1v) is 8.23. The van der Waals surface area contributed by atoms with Gasteiger partial charge in [0.2, 0.25) is 5.91 Å². The second-order valence-electron chi connectivity index (χ2n) is 5.55. The standard InChI is InChI=1S/C19H20F2N2O5/c1-26-14-6-3-12(4-7-14)10-22-17(24)11-23-18(25)13-5-8-15(28-19(20)21)16(9-13)27-2/h3-9,19H,10-11H2,1-2H3,(H,22,24)(H,23,25). The van der Waals surface area contributed by atoms with Crippen molar-refractivity contribution < 1.29 is 32.6 Å². The first-order chi connectivity index (χ1) is 13.4. The van der Waals surface area contributed by atoms with Crippen molar-refractivity contribution in [2.24, 2.45) is 0 Å². The van der Waals surface area contributed by atoms with E-state index in [1.54, 1.807) is 19.2 Å². The average Bonchev–Trinajstić information content (AvgIpc) is 2.70. The van der Waals surface area contributed by atoms with Crippen molar-refractivity contribution in [3.8, 4) is 17.2 Å². The van der Waals surface area contributed by atoms with Crippen LogP contribution in [-0.4, -0.2) is 39.2 Å². The number of amides is 2. The number of ether oxygens (including phenoxy) is 3. The van der Waals surface area contributed by atoms with Gasteiger partial charge in [-0.15, -0.1) is 0 Å². The van der Waals surface area contributed by atoms with Crippen LogP contribution in [0.15, 0.2) is 42.5 Å². The molecule has 2 aromatic carbocycles. The third-order valence-electron chi connectivity index (χ3n) is 3.70. The summed E-state index contributed by atoms with van der Waals surface area (Å²) in [4.78, 5) is 24.0. The monoisotopic (exact) mass is 394 g/mol. The Labute approximate surface area is 160 Å². The second kappa shape index (κ2) is 10.1. The molecule has 0 atom stereocenters. The summed E-state index contributed by atoms with van der Waals surface area (Å²) in [5.74, 6) is -0.429. The van der Waals surface area contributed by atoms with Crippen molar-refractivity contribution in [3.05, 3.63) is 53.6 Å². The van der Waals surface area contributed by atoms with Crippen molar-refractivity contribution in [1.82, 2.24) is 10.6 Å². The highest BCUT2D eigenvalue weighted by atomic mass is 19.3. The number of alkyl halides is 2. The van der Waals surface area contributed by atoms with Gasteiger partial charge in [0.15, 0.2) is 11.5 Å². The maximum atomic E-state index is 12.3. The fourth-order valence-corrected chi connectivity index (χ4v) is 2.27. The van der Waals surface area contributed by atoms with Crippen LogP contribution in [0.2, 0.25) is 0 Å². The maximum Gasteiger partial charge on any atom is 0.387 e. The molecule has 0 bridgehead atoms. The smallest absolute Gasteiger partial charge is 0.387 e. The molecule has 0 aliphatic heterocycles. The van der Waals surface area contributed by atoms with E-state index >= 15 is 0 Å². The lowest BCUT2D eigenvalue weighted by molar-refractivity contribution is -0.120. The number of rotatable bonds is 9. The highest BCUT2D eigenvalue weighted by molar-refractivity contribution is 5.97. The molecule has 0 fully saturated rings. The molecule has 0 saturated heterocycles. The van der Waals surface area contributed by atoms with Crippen molar-refractivity contribution in [3.63, 3.8) is 0 Å². The van der Waals surface area contributed by atoms with Gasteiger partial charge in [0.1, 0.15) is 5.75 Å². The number of methoxy groups -OCH3 is 2. The van der Waals surface area contributed by atoms with Crippen LogP contribution in [0.25, 0.3) is 0 Å². The normalized spacial score (nSPS) is 10.3. The summed E-state index contributed by atoms with van der Waals surface area (Å²) >= 11 is 0. The molecule has 2 N–H and O–H groups in total. The predicted molar refractivity (Wildman–Crippen MR) is 96.8 cm³/mol. The maximum absolute atomic E-state index is 12.3. The fourth-order valence-electron chi connectivity index (χ4n) is 2.27. The third kappa shape index (κ3) is 6.11. The molecule has 0 saturated carbocycles. The van der Waals surface area contributed by atoms with Gasteiger partial charge >= 0.3 is 6.61 Å². The van der Waals surface area contributed by atoms with E-state index in [4.69, 9.17) is 9.47 Å². The molecule has 2 rings (SSSR count). The molecule has 9 heteroatoms. The Hall–Kier alpha value is -3.36. The summed E-state index contributed by atoms with van der Waals surface area (Å²) in [5, 5.41) is 5.12. The fraction of sp³-hybridized carbons (Fsp3) is 0.263. The molecule has 0 aliphatic rings. The average molecular weight is 394 g/mol. The Morgan fingerprint density at radius 2 is 1.68 bits per heavy atom. The van der Waals surface area contributed by atoms with E-state index in [0.29, 0.717) is 12.3 Å². The van der Waals surface area contributed by atoms with Gasteiger partial charge < -0.3 is 24.8 Å². The topological polar surface area (TPSA) is 85.9 Å². The van der Waals surface area contributed by atoms with Gasteiger partial charge in [-0.1, -0.05) is 12.1 Å². The van der Waals surface area contributed by atoms with Crippen molar-refractivity contribution in [1.29, 1.82) is 0 Å². The lowest BCUT2D eigenvalue weighted by Crippen LogP contribution is -2.36. The largest absolute Gasteiger partial charge is 0.497 e. The SMILES string of the molecule is COc1ccc(CNC(=O)CNC(=O)c2ccc(OC(F)F)c(OC)c2)cc1. The van der Waals surface area contributed by atoms with Crippen LogP contribution < -0.4 is 24.8 Å². The third-order valence-corrected chi connectivity index (χ3v) is 3.70. The number of hydrogen-bond donors (Lipinski definition) is 2. The van der Waals surface area contributed by atoms with Crippen molar-refractivity contribution in [2.75, 3.05) is 20.8 Å². The molecule has 7 nitrogen and oxygen atoms in total. The lowest BCUT2D eigenvalue weighted by Gasteiger charge is -2.11. The van der Waals surface area contributed by atoms with Crippen LogP contribution in [-0.2, 0) is 11.3 Å². The summed E-state index contributed by atoms with van der Waals surface area (Å²) in [7, 11) is 2.83. The molecule has 0 unspecified atom stereocenters. The highest BCUT2D eigenvalue weighted by Crippen LogP contribution is 2.29. The minimum absolute atomic E-state index is 0.0168. The number of hydrogen-bond acceptors (Lipinski definition) is 5. The summed E-state index contributed by atoms with van der Waals surface area (Å²) in [6.07, 6.45) is 0. The number of nitrogens with one attached hydrogen (secondary N) is 2. The van der Waals surface area contributed by atoms with Gasteiger partial charge in [0, 0.05) is 12.1 Å². The van der Waals surface area contributed by atoms with Crippen LogP contribution in [0, 0.1) is 0 Å². The Morgan fingerprint density at radius 3 is 2.29 bits per heavy atom. The Morgan fingerprint density at radius 1 is 0.964 bits per heavy atom. The van der Waals surface area contributed by atoms with Crippen LogP contribution in [0.5, 0.6) is 17.2 Å². The zero-order valence-electron chi connectivity index (χ0n) is 15.3. The van der Waals surface area contributed by atoms with E-state index in [1.807, 2.05) is 12.1 Å². The predicted octanol–water partition coefficient (Wildman–Crippen LogP) is 2.35. The van der Waals surface area contributed by atoms with Gasteiger partial charge in [0.25, 0.3) is 5.91 Å². The molecule has 2 amide bonds. The Bertz CT molecular complexity index is 812. The van der Waals surface area contributed by atoms with Gasteiger partial charge in [0.05, 0.1) is 20.8 Å². The van der Waals surface area contributed by atoms with E-state index < -0.39 is 12.5 Å². The summed E-state index contributed by atoms with van der Waals surface area (Å²) in [6.45, 7) is -2.96. The van der Waals surface area contributed by atoms with Gasteiger partial charge in [-0.3, -0.25) is 9.59 Å². The molecule has 28 heavy (non-hydrogen) atoms. The van der Waals surface area contributed by atoms with E-state index in [2.05, 4.69) is 15.4 Å². The van der Waals surface area contributed by atoms with Crippen LogP contribution >= 0.6 is 0 Å². The molecule has 0 aromatic heterocycles. The molecular weight excluding hydrogens is 374 g/mol. The zero-order chi connectivity index (χ0) is 20.5. The second-order valence-corrected chi connectivity index (χ2v) is 5.55. The molecule has 2 aromatic rings. The minimum atomic E-state index is -3.01. The molecule has 150 valence electrons.